The molecule has 0 bridgehead atoms. The SMILES string of the molecule is Cc1cc2c(C(C)C)ccc3ccc4cccc1c4c32. The Hall–Kier alpha value is -2.08. The van der Waals surface area contributed by atoms with E-state index in [1.54, 1.807) is 0 Å². The molecule has 0 heteroatoms. The maximum absolute atomic E-state index is 2.37. The van der Waals surface area contributed by atoms with Crippen LogP contribution in [0.5, 0.6) is 0 Å². The minimum Gasteiger partial charge on any atom is -0.0610 e. The normalized spacial score (nSPS) is 12.2. The molecule has 0 aliphatic heterocycles. The van der Waals surface area contributed by atoms with E-state index in [1.165, 1.54) is 43.4 Å². The first kappa shape index (κ1) is 11.7. The van der Waals surface area contributed by atoms with Gasteiger partial charge in [-0.1, -0.05) is 62.4 Å². The molecule has 4 rings (SSSR count). The first-order chi connectivity index (χ1) is 9.66. The van der Waals surface area contributed by atoms with Crippen molar-refractivity contribution in [1.29, 1.82) is 0 Å². The summed E-state index contributed by atoms with van der Waals surface area (Å²) in [6, 6.07) is 18.1. The second-order valence-corrected chi connectivity index (χ2v) is 6.12. The minimum atomic E-state index is 0.555. The molecule has 0 N–H and O–H groups in total. The van der Waals surface area contributed by atoms with Crippen LogP contribution in [0.3, 0.4) is 0 Å². The lowest BCUT2D eigenvalue weighted by atomic mass is 9.87. The predicted octanol–water partition coefficient (Wildman–Crippen LogP) is 6.02. The zero-order chi connectivity index (χ0) is 13.9. The average molecular weight is 258 g/mol. The van der Waals surface area contributed by atoms with Gasteiger partial charge in [-0.25, -0.2) is 0 Å². The largest absolute Gasteiger partial charge is 0.0610 e. The summed E-state index contributed by atoms with van der Waals surface area (Å²) in [5.41, 5.74) is 2.84. The molecule has 0 aliphatic rings. The molecule has 20 heavy (non-hydrogen) atoms. The second kappa shape index (κ2) is 3.96. The summed E-state index contributed by atoms with van der Waals surface area (Å²) in [6.45, 7) is 6.79. The number of aryl methyl sites for hydroxylation is 1. The number of hydrogen-bond acceptors (Lipinski definition) is 0. The van der Waals surface area contributed by atoms with Gasteiger partial charge in [0.25, 0.3) is 0 Å². The summed E-state index contributed by atoms with van der Waals surface area (Å²) in [6.07, 6.45) is 0. The highest BCUT2D eigenvalue weighted by atomic mass is 14.2. The van der Waals surface area contributed by atoms with E-state index in [2.05, 4.69) is 69.3 Å². The lowest BCUT2D eigenvalue weighted by molar-refractivity contribution is 0.877. The molecule has 0 atom stereocenters. The number of rotatable bonds is 1. The van der Waals surface area contributed by atoms with Crippen molar-refractivity contribution in [2.45, 2.75) is 26.7 Å². The summed E-state index contributed by atoms with van der Waals surface area (Å²) in [5, 5.41) is 8.40. The van der Waals surface area contributed by atoms with Crippen molar-refractivity contribution in [1.82, 2.24) is 0 Å². The Morgan fingerprint density at radius 1 is 0.750 bits per heavy atom. The Kier molecular flexibility index (Phi) is 2.32. The highest BCUT2D eigenvalue weighted by molar-refractivity contribution is 6.24. The Balaban J connectivity index is 2.38. The van der Waals surface area contributed by atoms with Crippen molar-refractivity contribution in [3.05, 3.63) is 59.7 Å². The summed E-state index contributed by atoms with van der Waals surface area (Å²) >= 11 is 0. The first-order valence-corrected chi connectivity index (χ1v) is 7.34. The first-order valence-electron chi connectivity index (χ1n) is 7.34. The molecule has 0 fully saturated rings. The van der Waals surface area contributed by atoms with Crippen LogP contribution in [-0.2, 0) is 0 Å². The molecule has 0 heterocycles. The maximum Gasteiger partial charge on any atom is -0.00237 e. The van der Waals surface area contributed by atoms with Crippen molar-refractivity contribution >= 4 is 32.3 Å². The molecule has 98 valence electrons. The van der Waals surface area contributed by atoms with E-state index in [9.17, 15) is 0 Å². The predicted molar refractivity (Wildman–Crippen MR) is 89.0 cm³/mol. The van der Waals surface area contributed by atoms with Gasteiger partial charge in [0.05, 0.1) is 0 Å². The molecular weight excluding hydrogens is 240 g/mol. The van der Waals surface area contributed by atoms with Crippen molar-refractivity contribution in [2.75, 3.05) is 0 Å². The van der Waals surface area contributed by atoms with Crippen molar-refractivity contribution in [2.24, 2.45) is 0 Å². The third kappa shape index (κ3) is 1.42. The zero-order valence-electron chi connectivity index (χ0n) is 12.2. The van der Waals surface area contributed by atoms with Gasteiger partial charge in [0.2, 0.25) is 0 Å². The van der Waals surface area contributed by atoms with Crippen LogP contribution in [0.4, 0.5) is 0 Å². The summed E-state index contributed by atoms with van der Waals surface area (Å²) < 4.78 is 0. The quantitative estimate of drug-likeness (QED) is 0.366. The Labute approximate surface area is 119 Å². The van der Waals surface area contributed by atoms with Crippen LogP contribution in [0.15, 0.2) is 48.5 Å². The standard InChI is InChI=1S/C20H18/c1-12(2)16-10-9-15-8-7-14-5-4-6-17-13(3)11-18(16)20(15)19(14)17/h4-12H,1-3H3. The lowest BCUT2D eigenvalue weighted by Crippen LogP contribution is -1.93. The highest BCUT2D eigenvalue weighted by Gasteiger charge is 2.13. The fourth-order valence-electron chi connectivity index (χ4n) is 3.52. The third-order valence-corrected chi connectivity index (χ3v) is 4.51. The Morgan fingerprint density at radius 2 is 1.40 bits per heavy atom. The van der Waals surface area contributed by atoms with Gasteiger partial charge in [0.1, 0.15) is 0 Å². The van der Waals surface area contributed by atoms with Gasteiger partial charge in [-0.05, 0) is 56.3 Å². The van der Waals surface area contributed by atoms with Crippen LogP contribution < -0.4 is 0 Å². The van der Waals surface area contributed by atoms with Crippen LogP contribution in [-0.4, -0.2) is 0 Å². The lowest BCUT2D eigenvalue weighted by Gasteiger charge is -2.17. The maximum atomic E-state index is 2.37. The molecule has 0 unspecified atom stereocenters. The summed E-state index contributed by atoms with van der Waals surface area (Å²) in [7, 11) is 0. The van der Waals surface area contributed by atoms with Crippen LogP contribution >= 0.6 is 0 Å². The Morgan fingerprint density at radius 3 is 2.15 bits per heavy atom. The smallest absolute Gasteiger partial charge is 0.00237 e. The van der Waals surface area contributed by atoms with E-state index in [0.717, 1.165) is 0 Å². The van der Waals surface area contributed by atoms with Crippen LogP contribution in [0.25, 0.3) is 32.3 Å². The summed E-state index contributed by atoms with van der Waals surface area (Å²) in [5.74, 6) is 0.555. The third-order valence-electron chi connectivity index (χ3n) is 4.51. The van der Waals surface area contributed by atoms with Gasteiger partial charge in [0.15, 0.2) is 0 Å². The van der Waals surface area contributed by atoms with E-state index < -0.39 is 0 Å². The van der Waals surface area contributed by atoms with Gasteiger partial charge in [0, 0.05) is 0 Å². The van der Waals surface area contributed by atoms with Gasteiger partial charge in [-0.3, -0.25) is 0 Å². The van der Waals surface area contributed by atoms with E-state index in [-0.39, 0.29) is 0 Å². The van der Waals surface area contributed by atoms with Gasteiger partial charge in [-0.2, -0.15) is 0 Å². The topological polar surface area (TPSA) is 0 Å². The number of hydrogen-bond donors (Lipinski definition) is 0. The van der Waals surface area contributed by atoms with E-state index >= 15 is 0 Å². The summed E-state index contributed by atoms with van der Waals surface area (Å²) in [4.78, 5) is 0. The average Bonchev–Trinajstić information content (AvgIpc) is 2.45. The van der Waals surface area contributed by atoms with Crippen molar-refractivity contribution in [3.8, 4) is 0 Å². The fraction of sp³-hybridized carbons (Fsp3) is 0.200. The Bertz CT molecular complexity index is 929. The van der Waals surface area contributed by atoms with Crippen LogP contribution in [0.1, 0.15) is 30.9 Å². The van der Waals surface area contributed by atoms with E-state index in [4.69, 9.17) is 0 Å². The molecule has 0 radical (unpaired) electrons. The minimum absolute atomic E-state index is 0.555. The highest BCUT2D eigenvalue weighted by Crippen LogP contribution is 2.39. The molecule has 0 amide bonds. The molecule has 0 saturated heterocycles. The monoisotopic (exact) mass is 258 g/mol. The number of benzene rings is 4. The molecule has 0 aromatic heterocycles. The molecular formula is C20H18. The van der Waals surface area contributed by atoms with E-state index in [0.29, 0.717) is 5.92 Å². The molecule has 0 aliphatic carbocycles. The molecule has 0 nitrogen and oxygen atoms in total. The fourth-order valence-corrected chi connectivity index (χ4v) is 3.52. The zero-order valence-corrected chi connectivity index (χ0v) is 12.2. The molecule has 4 aromatic carbocycles. The van der Waals surface area contributed by atoms with Crippen LogP contribution in [0.2, 0.25) is 0 Å². The van der Waals surface area contributed by atoms with Gasteiger partial charge in [-0.15, -0.1) is 0 Å². The van der Waals surface area contributed by atoms with Crippen molar-refractivity contribution in [3.63, 3.8) is 0 Å². The van der Waals surface area contributed by atoms with Crippen molar-refractivity contribution < 1.29 is 0 Å². The van der Waals surface area contributed by atoms with Crippen LogP contribution in [0, 0.1) is 6.92 Å². The molecule has 4 aromatic rings. The van der Waals surface area contributed by atoms with Gasteiger partial charge < -0.3 is 0 Å². The van der Waals surface area contributed by atoms with E-state index in [1.807, 2.05) is 0 Å². The van der Waals surface area contributed by atoms with Gasteiger partial charge >= 0.3 is 0 Å². The molecule has 0 saturated carbocycles. The molecule has 0 spiro atoms. The second-order valence-electron chi connectivity index (χ2n) is 6.12.